The fourth-order valence-electron chi connectivity index (χ4n) is 2.39. The zero-order valence-corrected chi connectivity index (χ0v) is 11.5. The Morgan fingerprint density at radius 3 is 2.65 bits per heavy atom. The monoisotopic (exact) mass is 270 g/mol. The lowest BCUT2D eigenvalue weighted by Crippen LogP contribution is -2.20. The SMILES string of the molecule is CC(c1ccccn1)C(N)c1ccc2c(c1)OCCO2. The van der Waals surface area contributed by atoms with E-state index in [1.807, 2.05) is 36.4 Å². The number of aromatic nitrogens is 1. The lowest BCUT2D eigenvalue weighted by molar-refractivity contribution is 0.171. The van der Waals surface area contributed by atoms with Crippen molar-refractivity contribution in [2.75, 3.05) is 13.2 Å². The molecule has 2 heterocycles. The molecule has 104 valence electrons. The molecule has 1 aliphatic rings. The molecule has 0 spiro atoms. The predicted octanol–water partition coefficient (Wildman–Crippen LogP) is 2.66. The molecule has 1 aromatic heterocycles. The van der Waals surface area contributed by atoms with E-state index in [0.29, 0.717) is 13.2 Å². The minimum atomic E-state index is -0.124. The van der Waals surface area contributed by atoms with Crippen molar-refractivity contribution >= 4 is 0 Å². The van der Waals surface area contributed by atoms with E-state index in [0.717, 1.165) is 22.8 Å². The zero-order chi connectivity index (χ0) is 13.9. The molecule has 1 aromatic carbocycles. The lowest BCUT2D eigenvalue weighted by Gasteiger charge is -2.23. The van der Waals surface area contributed by atoms with Gasteiger partial charge in [-0.25, -0.2) is 0 Å². The quantitative estimate of drug-likeness (QED) is 0.931. The summed E-state index contributed by atoms with van der Waals surface area (Å²) in [5.74, 6) is 1.70. The van der Waals surface area contributed by atoms with Crippen molar-refractivity contribution in [2.45, 2.75) is 18.9 Å². The normalized spacial score (nSPS) is 16.5. The minimum absolute atomic E-state index is 0.124. The second-order valence-corrected chi connectivity index (χ2v) is 4.97. The first-order valence-corrected chi connectivity index (χ1v) is 6.82. The van der Waals surface area contributed by atoms with Gasteiger partial charge in [0.15, 0.2) is 11.5 Å². The molecule has 0 saturated carbocycles. The Morgan fingerprint density at radius 1 is 1.10 bits per heavy atom. The molecule has 0 radical (unpaired) electrons. The number of ether oxygens (including phenoxy) is 2. The van der Waals surface area contributed by atoms with Crippen LogP contribution in [0.15, 0.2) is 42.6 Å². The largest absolute Gasteiger partial charge is 0.486 e. The maximum absolute atomic E-state index is 6.37. The van der Waals surface area contributed by atoms with Gasteiger partial charge in [-0.15, -0.1) is 0 Å². The van der Waals surface area contributed by atoms with Crippen LogP contribution in [0.4, 0.5) is 0 Å². The maximum atomic E-state index is 6.37. The topological polar surface area (TPSA) is 57.4 Å². The van der Waals surface area contributed by atoms with Crippen LogP contribution in [-0.2, 0) is 0 Å². The minimum Gasteiger partial charge on any atom is -0.486 e. The second kappa shape index (κ2) is 5.51. The molecule has 0 bridgehead atoms. The molecule has 0 amide bonds. The lowest BCUT2D eigenvalue weighted by atomic mass is 9.92. The van der Waals surface area contributed by atoms with E-state index in [2.05, 4.69) is 11.9 Å². The maximum Gasteiger partial charge on any atom is 0.161 e. The summed E-state index contributed by atoms with van der Waals surface area (Å²) in [6.07, 6.45) is 1.79. The fourth-order valence-corrected chi connectivity index (χ4v) is 2.39. The molecule has 3 rings (SSSR count). The molecular formula is C16H18N2O2. The summed E-state index contributed by atoms with van der Waals surface area (Å²) in [6, 6.07) is 11.7. The highest BCUT2D eigenvalue weighted by Crippen LogP contribution is 2.35. The number of nitrogens with two attached hydrogens (primary N) is 1. The highest BCUT2D eigenvalue weighted by molar-refractivity contribution is 5.45. The van der Waals surface area contributed by atoms with Gasteiger partial charge in [-0.1, -0.05) is 19.1 Å². The predicted molar refractivity (Wildman–Crippen MR) is 77.0 cm³/mol. The molecule has 2 atom stereocenters. The number of hydrogen-bond acceptors (Lipinski definition) is 4. The first kappa shape index (κ1) is 12.9. The molecular weight excluding hydrogens is 252 g/mol. The van der Waals surface area contributed by atoms with Crippen LogP contribution < -0.4 is 15.2 Å². The van der Waals surface area contributed by atoms with E-state index in [4.69, 9.17) is 15.2 Å². The van der Waals surface area contributed by atoms with Gasteiger partial charge in [0, 0.05) is 23.9 Å². The van der Waals surface area contributed by atoms with Crippen LogP contribution in [0.25, 0.3) is 0 Å². The molecule has 0 fully saturated rings. The molecule has 2 aromatic rings. The van der Waals surface area contributed by atoms with Gasteiger partial charge < -0.3 is 15.2 Å². The first-order chi connectivity index (χ1) is 9.75. The standard InChI is InChI=1S/C16H18N2O2/c1-11(13-4-2-3-7-18-13)16(17)12-5-6-14-15(10-12)20-9-8-19-14/h2-7,10-11,16H,8-9,17H2,1H3. The van der Waals surface area contributed by atoms with Gasteiger partial charge in [-0.3, -0.25) is 4.98 Å². The average molecular weight is 270 g/mol. The van der Waals surface area contributed by atoms with Gasteiger partial charge >= 0.3 is 0 Å². The van der Waals surface area contributed by atoms with Crippen LogP contribution in [0.2, 0.25) is 0 Å². The van der Waals surface area contributed by atoms with Crippen molar-refractivity contribution in [1.29, 1.82) is 0 Å². The highest BCUT2D eigenvalue weighted by atomic mass is 16.6. The Hall–Kier alpha value is -2.07. The van der Waals surface area contributed by atoms with Crippen molar-refractivity contribution in [3.63, 3.8) is 0 Å². The van der Waals surface area contributed by atoms with Crippen LogP contribution in [0, 0.1) is 0 Å². The van der Waals surface area contributed by atoms with Gasteiger partial charge in [0.1, 0.15) is 13.2 Å². The second-order valence-electron chi connectivity index (χ2n) is 4.97. The molecule has 2 N–H and O–H groups in total. The van der Waals surface area contributed by atoms with Crippen LogP contribution >= 0.6 is 0 Å². The van der Waals surface area contributed by atoms with Gasteiger partial charge in [-0.2, -0.15) is 0 Å². The number of rotatable bonds is 3. The van der Waals surface area contributed by atoms with Crippen LogP contribution in [-0.4, -0.2) is 18.2 Å². The van der Waals surface area contributed by atoms with Crippen LogP contribution in [0.5, 0.6) is 11.5 Å². The Bertz CT molecular complexity index is 586. The molecule has 4 heteroatoms. The summed E-state index contributed by atoms with van der Waals surface area (Å²) in [4.78, 5) is 4.38. The summed E-state index contributed by atoms with van der Waals surface area (Å²) in [5, 5.41) is 0. The number of nitrogens with zero attached hydrogens (tertiary/aromatic N) is 1. The molecule has 20 heavy (non-hydrogen) atoms. The third-order valence-corrected chi connectivity index (χ3v) is 3.64. The summed E-state index contributed by atoms with van der Waals surface area (Å²) >= 11 is 0. The number of hydrogen-bond donors (Lipinski definition) is 1. The van der Waals surface area contributed by atoms with Gasteiger partial charge in [-0.05, 0) is 29.8 Å². The van der Waals surface area contributed by atoms with Crippen molar-refractivity contribution < 1.29 is 9.47 Å². The molecule has 2 unspecified atom stereocenters. The Labute approximate surface area is 118 Å². The molecule has 4 nitrogen and oxygen atoms in total. The number of pyridine rings is 1. The van der Waals surface area contributed by atoms with Crippen molar-refractivity contribution in [1.82, 2.24) is 4.98 Å². The van der Waals surface area contributed by atoms with Crippen molar-refractivity contribution in [3.05, 3.63) is 53.9 Å². The molecule has 1 aliphatic heterocycles. The zero-order valence-electron chi connectivity index (χ0n) is 11.5. The Kier molecular flexibility index (Phi) is 3.56. The molecule has 0 saturated heterocycles. The van der Waals surface area contributed by atoms with E-state index in [1.165, 1.54) is 0 Å². The van der Waals surface area contributed by atoms with Crippen molar-refractivity contribution in [2.24, 2.45) is 5.73 Å². The smallest absolute Gasteiger partial charge is 0.161 e. The summed E-state index contributed by atoms with van der Waals surface area (Å²) in [7, 11) is 0. The van der Waals surface area contributed by atoms with E-state index in [9.17, 15) is 0 Å². The Morgan fingerprint density at radius 2 is 1.90 bits per heavy atom. The van der Waals surface area contributed by atoms with Gasteiger partial charge in [0.25, 0.3) is 0 Å². The van der Waals surface area contributed by atoms with E-state index in [-0.39, 0.29) is 12.0 Å². The Balaban J connectivity index is 1.85. The van der Waals surface area contributed by atoms with E-state index in [1.54, 1.807) is 6.20 Å². The summed E-state index contributed by atoms with van der Waals surface area (Å²) in [5.41, 5.74) is 8.40. The third kappa shape index (κ3) is 2.47. The third-order valence-electron chi connectivity index (χ3n) is 3.64. The highest BCUT2D eigenvalue weighted by Gasteiger charge is 2.20. The molecule has 0 aliphatic carbocycles. The number of fused-ring (bicyclic) bond motifs is 1. The summed E-state index contributed by atoms with van der Waals surface area (Å²) in [6.45, 7) is 3.27. The van der Waals surface area contributed by atoms with Crippen molar-refractivity contribution in [3.8, 4) is 11.5 Å². The van der Waals surface area contributed by atoms with Crippen LogP contribution in [0.3, 0.4) is 0 Å². The fraction of sp³-hybridized carbons (Fsp3) is 0.312. The van der Waals surface area contributed by atoms with Crippen LogP contribution in [0.1, 0.15) is 30.1 Å². The average Bonchev–Trinajstić information content (AvgIpc) is 2.54. The van der Waals surface area contributed by atoms with E-state index < -0.39 is 0 Å². The first-order valence-electron chi connectivity index (χ1n) is 6.82. The summed E-state index contributed by atoms with van der Waals surface area (Å²) < 4.78 is 11.1. The van der Waals surface area contributed by atoms with Gasteiger partial charge in [0.05, 0.1) is 0 Å². The number of benzene rings is 1. The van der Waals surface area contributed by atoms with Gasteiger partial charge in [0.2, 0.25) is 0 Å². The van der Waals surface area contributed by atoms with E-state index >= 15 is 0 Å².